The van der Waals surface area contributed by atoms with E-state index in [1.165, 1.54) is 0 Å². The van der Waals surface area contributed by atoms with Crippen LogP contribution in [0.3, 0.4) is 0 Å². The monoisotopic (exact) mass is 360 g/mol. The number of anilines is 2. The third kappa shape index (κ3) is 4.07. The molecule has 1 aromatic rings. The third-order valence-electron chi connectivity index (χ3n) is 4.67. The number of piperidine rings is 1. The van der Waals surface area contributed by atoms with Gasteiger partial charge in [-0.05, 0) is 38.0 Å². The molecule has 0 bridgehead atoms. The van der Waals surface area contributed by atoms with Crippen molar-refractivity contribution in [2.45, 2.75) is 19.8 Å². The molecule has 4 amide bonds. The number of nitrogens with zero attached hydrogens (tertiary/aromatic N) is 2. The molecule has 2 aliphatic heterocycles. The molecule has 8 nitrogen and oxygen atoms in total. The van der Waals surface area contributed by atoms with E-state index in [2.05, 4.69) is 10.6 Å². The number of nitrogens with one attached hydrogen (secondary N) is 2. The molecule has 0 unspecified atom stereocenters. The molecule has 2 N–H and O–H groups in total. The Hall–Kier alpha value is -2.77. The highest BCUT2D eigenvalue weighted by molar-refractivity contribution is 5.95. The number of hydrogen-bond acceptors (Lipinski definition) is 4. The van der Waals surface area contributed by atoms with Crippen LogP contribution >= 0.6 is 0 Å². The first kappa shape index (κ1) is 18.0. The number of carbonyl (C=O) groups is 3. The maximum Gasteiger partial charge on any atom is 0.321 e. The number of rotatable bonds is 4. The Bertz CT molecular complexity index is 686. The molecule has 0 saturated carbocycles. The Morgan fingerprint density at radius 3 is 2.69 bits per heavy atom. The van der Waals surface area contributed by atoms with E-state index in [-0.39, 0.29) is 23.9 Å². The van der Waals surface area contributed by atoms with Crippen LogP contribution in [-0.4, -0.2) is 55.7 Å². The summed E-state index contributed by atoms with van der Waals surface area (Å²) < 4.78 is 5.05. The van der Waals surface area contributed by atoms with Crippen molar-refractivity contribution in [2.75, 3.05) is 43.0 Å². The van der Waals surface area contributed by atoms with Crippen molar-refractivity contribution in [3.05, 3.63) is 24.3 Å². The van der Waals surface area contributed by atoms with Gasteiger partial charge in [0.15, 0.2) is 0 Å². The minimum Gasteiger partial charge on any atom is -0.466 e. The first-order valence-corrected chi connectivity index (χ1v) is 8.96. The Balaban J connectivity index is 1.56. The average Bonchev–Trinajstić information content (AvgIpc) is 3.08. The lowest BCUT2D eigenvalue weighted by Gasteiger charge is -2.31. The molecule has 0 radical (unpaired) electrons. The number of likely N-dealkylation sites (tertiary alicyclic amines) is 1. The highest BCUT2D eigenvalue weighted by Crippen LogP contribution is 2.23. The summed E-state index contributed by atoms with van der Waals surface area (Å²) in [6.07, 6.45) is 1.22. The van der Waals surface area contributed by atoms with Crippen molar-refractivity contribution in [1.29, 1.82) is 0 Å². The summed E-state index contributed by atoms with van der Waals surface area (Å²) >= 11 is 0. The Kier molecular flexibility index (Phi) is 5.60. The lowest BCUT2D eigenvalue weighted by Crippen LogP contribution is -2.42. The zero-order valence-corrected chi connectivity index (χ0v) is 14.9. The highest BCUT2D eigenvalue weighted by atomic mass is 16.5. The van der Waals surface area contributed by atoms with E-state index in [0.29, 0.717) is 51.3 Å². The maximum absolute atomic E-state index is 12.5. The predicted octanol–water partition coefficient (Wildman–Crippen LogP) is 2.02. The third-order valence-corrected chi connectivity index (χ3v) is 4.67. The minimum atomic E-state index is -0.199. The van der Waals surface area contributed by atoms with Crippen LogP contribution in [0, 0.1) is 5.92 Å². The van der Waals surface area contributed by atoms with Gasteiger partial charge in [-0.15, -0.1) is 0 Å². The molecular formula is C18H24N4O4. The second-order valence-corrected chi connectivity index (χ2v) is 6.38. The van der Waals surface area contributed by atoms with Gasteiger partial charge in [-0.3, -0.25) is 9.69 Å². The van der Waals surface area contributed by atoms with Gasteiger partial charge < -0.3 is 20.3 Å². The van der Waals surface area contributed by atoms with Gasteiger partial charge in [0, 0.05) is 37.6 Å². The fourth-order valence-electron chi connectivity index (χ4n) is 3.25. The molecule has 140 valence electrons. The molecule has 2 aliphatic rings. The molecule has 2 saturated heterocycles. The van der Waals surface area contributed by atoms with Crippen LogP contribution in [0.15, 0.2) is 24.3 Å². The van der Waals surface area contributed by atoms with Crippen LogP contribution < -0.4 is 15.5 Å². The van der Waals surface area contributed by atoms with Crippen molar-refractivity contribution in [1.82, 2.24) is 10.2 Å². The van der Waals surface area contributed by atoms with E-state index < -0.39 is 0 Å². The Labute approximate surface area is 152 Å². The van der Waals surface area contributed by atoms with Crippen molar-refractivity contribution in [3.8, 4) is 0 Å². The van der Waals surface area contributed by atoms with Gasteiger partial charge in [-0.1, -0.05) is 6.07 Å². The van der Waals surface area contributed by atoms with E-state index in [0.717, 1.165) is 5.69 Å². The predicted molar refractivity (Wildman–Crippen MR) is 97.1 cm³/mol. The Morgan fingerprint density at radius 2 is 2.04 bits per heavy atom. The fourth-order valence-corrected chi connectivity index (χ4v) is 3.25. The summed E-state index contributed by atoms with van der Waals surface area (Å²) in [7, 11) is 0. The molecule has 1 aromatic carbocycles. The van der Waals surface area contributed by atoms with Crippen LogP contribution in [0.5, 0.6) is 0 Å². The van der Waals surface area contributed by atoms with Crippen LogP contribution in [0.1, 0.15) is 19.8 Å². The van der Waals surface area contributed by atoms with Crippen LogP contribution in [-0.2, 0) is 9.53 Å². The average molecular weight is 360 g/mol. The van der Waals surface area contributed by atoms with E-state index in [1.807, 2.05) is 12.1 Å². The van der Waals surface area contributed by atoms with Crippen molar-refractivity contribution < 1.29 is 19.1 Å². The molecule has 0 atom stereocenters. The summed E-state index contributed by atoms with van der Waals surface area (Å²) in [6, 6.07) is 6.90. The lowest BCUT2D eigenvalue weighted by molar-refractivity contribution is -0.149. The number of esters is 1. The standard InChI is InChI=1S/C18H24N4O4/c1-2-26-16(23)13-6-9-21(10-7-13)18(25)20-14-4-3-5-15(12-14)22-11-8-19-17(22)24/h3-5,12-13H,2,6-11H2,1H3,(H,19,24)(H,20,25). The summed E-state index contributed by atoms with van der Waals surface area (Å²) in [5, 5.41) is 5.63. The van der Waals surface area contributed by atoms with Gasteiger partial charge in [-0.2, -0.15) is 0 Å². The topological polar surface area (TPSA) is 91.0 Å². The number of hydrogen-bond donors (Lipinski definition) is 2. The van der Waals surface area contributed by atoms with E-state index in [1.54, 1.807) is 28.9 Å². The molecular weight excluding hydrogens is 336 g/mol. The molecule has 26 heavy (non-hydrogen) atoms. The minimum absolute atomic E-state index is 0.129. The molecule has 0 aliphatic carbocycles. The zero-order chi connectivity index (χ0) is 18.5. The molecule has 2 heterocycles. The van der Waals surface area contributed by atoms with Crippen molar-refractivity contribution in [3.63, 3.8) is 0 Å². The number of ether oxygens (including phenoxy) is 1. The van der Waals surface area contributed by atoms with Gasteiger partial charge in [0.1, 0.15) is 0 Å². The van der Waals surface area contributed by atoms with Gasteiger partial charge in [-0.25, -0.2) is 9.59 Å². The molecule has 2 fully saturated rings. The highest BCUT2D eigenvalue weighted by Gasteiger charge is 2.28. The number of urea groups is 2. The summed E-state index contributed by atoms with van der Waals surface area (Å²) in [6.45, 7) is 4.43. The molecule has 3 rings (SSSR count). The first-order chi connectivity index (χ1) is 12.6. The van der Waals surface area contributed by atoms with Gasteiger partial charge in [0.05, 0.1) is 12.5 Å². The summed E-state index contributed by atoms with van der Waals surface area (Å²) in [5.74, 6) is -0.305. The van der Waals surface area contributed by atoms with Crippen molar-refractivity contribution >= 4 is 29.4 Å². The Morgan fingerprint density at radius 1 is 1.27 bits per heavy atom. The van der Waals surface area contributed by atoms with Gasteiger partial charge in [0.2, 0.25) is 0 Å². The number of carbonyl (C=O) groups excluding carboxylic acids is 3. The van der Waals surface area contributed by atoms with Crippen LogP contribution in [0.2, 0.25) is 0 Å². The molecule has 0 spiro atoms. The van der Waals surface area contributed by atoms with Gasteiger partial charge >= 0.3 is 18.0 Å². The zero-order valence-electron chi connectivity index (χ0n) is 14.9. The maximum atomic E-state index is 12.5. The normalized spacial score (nSPS) is 17.8. The van der Waals surface area contributed by atoms with Crippen molar-refractivity contribution in [2.24, 2.45) is 5.92 Å². The number of benzene rings is 1. The van der Waals surface area contributed by atoms with Crippen LogP contribution in [0.4, 0.5) is 21.0 Å². The second-order valence-electron chi connectivity index (χ2n) is 6.38. The summed E-state index contributed by atoms with van der Waals surface area (Å²) in [5.41, 5.74) is 1.39. The van der Waals surface area contributed by atoms with E-state index in [9.17, 15) is 14.4 Å². The molecule has 8 heteroatoms. The largest absolute Gasteiger partial charge is 0.466 e. The smallest absolute Gasteiger partial charge is 0.321 e. The fraction of sp³-hybridized carbons (Fsp3) is 0.500. The van der Waals surface area contributed by atoms with E-state index >= 15 is 0 Å². The quantitative estimate of drug-likeness (QED) is 0.804. The lowest BCUT2D eigenvalue weighted by atomic mass is 9.97. The summed E-state index contributed by atoms with van der Waals surface area (Å²) in [4.78, 5) is 39.4. The first-order valence-electron chi connectivity index (χ1n) is 8.96. The van der Waals surface area contributed by atoms with E-state index in [4.69, 9.17) is 4.74 Å². The SMILES string of the molecule is CCOC(=O)C1CCN(C(=O)Nc2cccc(N3CCNC3=O)c2)CC1. The van der Waals surface area contributed by atoms with Gasteiger partial charge in [0.25, 0.3) is 0 Å². The second kappa shape index (κ2) is 8.07. The van der Waals surface area contributed by atoms with Crippen LogP contribution in [0.25, 0.3) is 0 Å². The molecule has 0 aromatic heterocycles. The number of amides is 4.